The Hall–Kier alpha value is -0.360. The van der Waals surface area contributed by atoms with Gasteiger partial charge >= 0.3 is 0 Å². The van der Waals surface area contributed by atoms with E-state index in [4.69, 9.17) is 5.73 Å². The lowest BCUT2D eigenvalue weighted by Crippen LogP contribution is -2.39. The zero-order valence-corrected chi connectivity index (χ0v) is 12.4. The third kappa shape index (κ3) is 6.83. The van der Waals surface area contributed by atoms with Gasteiger partial charge in [0.05, 0.1) is 16.7 Å². The second kappa shape index (κ2) is 9.65. The first-order valence-electron chi connectivity index (χ1n) is 5.10. The molecule has 17 heavy (non-hydrogen) atoms. The van der Waals surface area contributed by atoms with E-state index in [1.807, 2.05) is 5.38 Å². The number of nitrogens with one attached hydrogen (secondary N) is 1. The Morgan fingerprint density at radius 1 is 1.59 bits per heavy atom. The molecule has 7 heteroatoms. The summed E-state index contributed by atoms with van der Waals surface area (Å²) in [5, 5.41) is 5.94. The van der Waals surface area contributed by atoms with Crippen LogP contribution in [0, 0.1) is 0 Å². The monoisotopic (exact) mass is 299 g/mol. The minimum Gasteiger partial charge on any atom is -0.354 e. The number of carbonyl (C=O) groups is 1. The number of carbonyl (C=O) groups excluding carboxylic acids is 1. The van der Waals surface area contributed by atoms with Gasteiger partial charge in [0.2, 0.25) is 5.91 Å². The molecule has 3 N–H and O–H groups in total. The molecular formula is C10H19Cl2N3OS. The van der Waals surface area contributed by atoms with Crippen LogP contribution in [0.4, 0.5) is 0 Å². The molecule has 1 atom stereocenters. The fraction of sp³-hybridized carbons (Fsp3) is 0.600. The summed E-state index contributed by atoms with van der Waals surface area (Å²) < 4.78 is 0. The number of nitrogens with zero attached hydrogens (tertiary/aromatic N) is 1. The van der Waals surface area contributed by atoms with Crippen LogP contribution >= 0.6 is 36.2 Å². The lowest BCUT2D eigenvalue weighted by atomic mass is 10.3. The molecule has 1 aromatic heterocycles. The second-order valence-electron chi connectivity index (χ2n) is 3.42. The average molecular weight is 300 g/mol. The zero-order chi connectivity index (χ0) is 11.3. The molecule has 1 amide bonds. The third-order valence-electron chi connectivity index (χ3n) is 2.00. The van der Waals surface area contributed by atoms with E-state index in [0.29, 0.717) is 6.54 Å². The van der Waals surface area contributed by atoms with Gasteiger partial charge in [-0.15, -0.1) is 36.2 Å². The van der Waals surface area contributed by atoms with Crippen molar-refractivity contribution in [3.8, 4) is 0 Å². The van der Waals surface area contributed by atoms with Gasteiger partial charge in [-0.25, -0.2) is 4.98 Å². The summed E-state index contributed by atoms with van der Waals surface area (Å²) >= 11 is 1.67. The first kappa shape index (κ1) is 19.0. The van der Waals surface area contributed by atoms with E-state index < -0.39 is 6.04 Å². The minimum atomic E-state index is -0.438. The number of hydrogen-bond donors (Lipinski definition) is 2. The molecule has 1 rings (SSSR count). The molecule has 0 aliphatic rings. The molecule has 0 saturated carbocycles. The van der Waals surface area contributed by atoms with E-state index in [-0.39, 0.29) is 30.7 Å². The molecule has 1 aromatic rings. The first-order chi connectivity index (χ1) is 7.13. The molecule has 4 nitrogen and oxygen atoms in total. The van der Waals surface area contributed by atoms with E-state index in [1.165, 1.54) is 0 Å². The molecule has 1 heterocycles. The van der Waals surface area contributed by atoms with Crippen molar-refractivity contribution in [3.63, 3.8) is 0 Å². The molecule has 0 spiro atoms. The van der Waals surface area contributed by atoms with Crippen LogP contribution in [0.1, 0.15) is 24.5 Å². The van der Waals surface area contributed by atoms with E-state index in [0.717, 1.165) is 23.5 Å². The van der Waals surface area contributed by atoms with Crippen LogP contribution in [0.25, 0.3) is 0 Å². The van der Waals surface area contributed by atoms with Crippen molar-refractivity contribution < 1.29 is 4.79 Å². The summed E-state index contributed by atoms with van der Waals surface area (Å²) in [4.78, 5) is 15.5. The van der Waals surface area contributed by atoms with E-state index >= 15 is 0 Å². The van der Waals surface area contributed by atoms with Crippen LogP contribution < -0.4 is 11.1 Å². The molecule has 0 radical (unpaired) electrons. The van der Waals surface area contributed by atoms with Crippen molar-refractivity contribution >= 4 is 42.1 Å². The predicted molar refractivity (Wildman–Crippen MR) is 76.4 cm³/mol. The average Bonchev–Trinajstić information content (AvgIpc) is 2.65. The number of aromatic nitrogens is 1. The molecule has 0 aromatic carbocycles. The Labute approximate surface area is 118 Å². The molecule has 100 valence electrons. The Balaban J connectivity index is 0. The molecule has 0 bridgehead atoms. The minimum absolute atomic E-state index is 0. The van der Waals surface area contributed by atoms with Gasteiger partial charge < -0.3 is 11.1 Å². The normalized spacial score (nSPS) is 11.0. The highest BCUT2D eigenvalue weighted by molar-refractivity contribution is 7.09. The fourth-order valence-corrected chi connectivity index (χ4v) is 1.88. The first-order valence-corrected chi connectivity index (χ1v) is 5.98. The maximum atomic E-state index is 11.1. The van der Waals surface area contributed by atoms with Crippen LogP contribution in [0.15, 0.2) is 5.38 Å². The van der Waals surface area contributed by atoms with E-state index in [9.17, 15) is 4.79 Å². The number of aryl methyl sites for hydroxylation is 1. The maximum Gasteiger partial charge on any atom is 0.236 e. The van der Waals surface area contributed by atoms with E-state index in [2.05, 4.69) is 17.2 Å². The Kier molecular flexibility index (Phi) is 10.8. The highest BCUT2D eigenvalue weighted by Gasteiger charge is 2.06. The highest BCUT2D eigenvalue weighted by atomic mass is 35.5. The maximum absolute atomic E-state index is 11.1. The van der Waals surface area contributed by atoms with Gasteiger partial charge in [-0.05, 0) is 13.3 Å². The lowest BCUT2D eigenvalue weighted by molar-refractivity contribution is -0.121. The van der Waals surface area contributed by atoms with Crippen LogP contribution in [-0.4, -0.2) is 23.5 Å². The summed E-state index contributed by atoms with van der Waals surface area (Å²) in [5.41, 5.74) is 6.46. The lowest BCUT2D eigenvalue weighted by Gasteiger charge is -2.05. The zero-order valence-electron chi connectivity index (χ0n) is 9.93. The number of halogens is 2. The quantitative estimate of drug-likeness (QED) is 0.867. The van der Waals surface area contributed by atoms with Gasteiger partial charge in [-0.2, -0.15) is 0 Å². The Bertz CT molecular complexity index is 331. The number of rotatable bonds is 5. The summed E-state index contributed by atoms with van der Waals surface area (Å²) in [6.07, 6.45) is 1.74. The largest absolute Gasteiger partial charge is 0.354 e. The topological polar surface area (TPSA) is 68.0 Å². The van der Waals surface area contributed by atoms with Gasteiger partial charge in [0.15, 0.2) is 0 Å². The fourth-order valence-electron chi connectivity index (χ4n) is 1.10. The summed E-state index contributed by atoms with van der Waals surface area (Å²) in [6.45, 7) is 4.36. The highest BCUT2D eigenvalue weighted by Crippen LogP contribution is 2.10. The Morgan fingerprint density at radius 3 is 2.71 bits per heavy atom. The van der Waals surface area contributed by atoms with Crippen LogP contribution in [0.3, 0.4) is 0 Å². The van der Waals surface area contributed by atoms with Crippen molar-refractivity contribution in [1.82, 2.24) is 10.3 Å². The second-order valence-corrected chi connectivity index (χ2v) is 4.36. The van der Waals surface area contributed by atoms with Gasteiger partial charge in [0.1, 0.15) is 0 Å². The van der Waals surface area contributed by atoms with Crippen LogP contribution in [-0.2, 0) is 17.6 Å². The molecule has 0 unspecified atom stereocenters. The van der Waals surface area contributed by atoms with Gasteiger partial charge in [-0.3, -0.25) is 4.79 Å². The smallest absolute Gasteiger partial charge is 0.236 e. The van der Waals surface area contributed by atoms with Crippen LogP contribution in [0.2, 0.25) is 0 Å². The predicted octanol–water partition coefficient (Wildman–Crippen LogP) is 1.56. The molecule has 0 fully saturated rings. The van der Waals surface area contributed by atoms with Crippen LogP contribution in [0.5, 0.6) is 0 Å². The van der Waals surface area contributed by atoms with Crippen molar-refractivity contribution in [2.24, 2.45) is 5.73 Å². The molecule has 0 aliphatic heterocycles. The SMILES string of the molecule is CCc1nc(CCNC(=O)[C@@H](C)N)cs1.Cl.Cl. The standard InChI is InChI=1S/C10H17N3OS.2ClH/c1-3-9-13-8(6-15-9)4-5-12-10(14)7(2)11;;/h6-7H,3-5,11H2,1-2H3,(H,12,14);2*1H/t7-;;/m1../s1. The van der Waals surface area contributed by atoms with Crippen molar-refractivity contribution in [1.29, 1.82) is 0 Å². The van der Waals surface area contributed by atoms with E-state index in [1.54, 1.807) is 18.3 Å². The number of amides is 1. The number of thiazole rings is 1. The van der Waals surface area contributed by atoms with Crippen molar-refractivity contribution in [2.45, 2.75) is 32.7 Å². The molecular weight excluding hydrogens is 281 g/mol. The van der Waals surface area contributed by atoms with Crippen molar-refractivity contribution in [2.75, 3.05) is 6.54 Å². The van der Waals surface area contributed by atoms with Gasteiger partial charge in [-0.1, -0.05) is 6.92 Å². The van der Waals surface area contributed by atoms with Crippen molar-refractivity contribution in [3.05, 3.63) is 16.1 Å². The summed E-state index contributed by atoms with van der Waals surface area (Å²) in [5.74, 6) is -0.110. The summed E-state index contributed by atoms with van der Waals surface area (Å²) in [7, 11) is 0. The van der Waals surface area contributed by atoms with Gasteiger partial charge in [0, 0.05) is 18.3 Å². The number of nitrogens with two attached hydrogens (primary N) is 1. The molecule has 0 aliphatic carbocycles. The summed E-state index contributed by atoms with van der Waals surface area (Å²) in [6, 6.07) is -0.438. The Morgan fingerprint density at radius 2 is 2.24 bits per heavy atom. The number of hydrogen-bond acceptors (Lipinski definition) is 4. The van der Waals surface area contributed by atoms with Gasteiger partial charge in [0.25, 0.3) is 0 Å². The molecule has 0 saturated heterocycles. The third-order valence-corrected chi connectivity index (χ3v) is 3.04.